The summed E-state index contributed by atoms with van der Waals surface area (Å²) in [7, 11) is 0. The number of aromatic nitrogens is 4. The summed E-state index contributed by atoms with van der Waals surface area (Å²) < 4.78 is 10.2. The molecule has 1 aliphatic heterocycles. The van der Waals surface area contributed by atoms with Crippen molar-refractivity contribution in [2.45, 2.75) is 58.1 Å². The first kappa shape index (κ1) is 22.2. The number of carbonyl (C=O) groups is 1. The standard InChI is InChI=1S/C26H30N6O2/c1-4-25(33)30-10-6-9-22(16-30)32-17(2)23(14-29-32)20-11-24(34-18(3)19-7-5-8-19)26-21(12-27)13-28-31(26)15-20/h4,11,13-15,18-19,22H,1,5-10,16H2,2-3H3. The number of nitrogens with zero attached hydrogens (tertiary/aromatic N) is 6. The Morgan fingerprint density at radius 1 is 1.29 bits per heavy atom. The van der Waals surface area contributed by atoms with Crippen LogP contribution >= 0.6 is 0 Å². The Labute approximate surface area is 199 Å². The second kappa shape index (κ2) is 8.98. The van der Waals surface area contributed by atoms with Crippen LogP contribution in [0.3, 0.4) is 0 Å². The zero-order chi connectivity index (χ0) is 23.8. The largest absolute Gasteiger partial charge is 0.488 e. The average molecular weight is 459 g/mol. The molecule has 5 rings (SSSR count). The Hall–Kier alpha value is -3.60. The molecule has 3 aromatic rings. The fraction of sp³-hybridized carbons (Fsp3) is 0.462. The predicted molar refractivity (Wildman–Crippen MR) is 128 cm³/mol. The highest BCUT2D eigenvalue weighted by atomic mass is 16.5. The Balaban J connectivity index is 1.50. The summed E-state index contributed by atoms with van der Waals surface area (Å²) in [6.45, 7) is 9.17. The lowest BCUT2D eigenvalue weighted by Gasteiger charge is -2.32. The number of hydrogen-bond donors (Lipinski definition) is 0. The first-order valence-corrected chi connectivity index (χ1v) is 12.0. The lowest BCUT2D eigenvalue weighted by atomic mass is 9.82. The molecule has 2 fully saturated rings. The van der Waals surface area contributed by atoms with Gasteiger partial charge >= 0.3 is 0 Å². The monoisotopic (exact) mass is 458 g/mol. The highest BCUT2D eigenvalue weighted by molar-refractivity contribution is 5.87. The summed E-state index contributed by atoms with van der Waals surface area (Å²) in [5.74, 6) is 1.20. The Morgan fingerprint density at radius 3 is 2.82 bits per heavy atom. The number of hydrogen-bond acceptors (Lipinski definition) is 5. The molecule has 0 bridgehead atoms. The molecule has 1 amide bonds. The van der Waals surface area contributed by atoms with Crippen molar-refractivity contribution < 1.29 is 9.53 Å². The van der Waals surface area contributed by atoms with Gasteiger partial charge in [0, 0.05) is 36.1 Å². The molecule has 2 atom stereocenters. The number of rotatable bonds is 6. The van der Waals surface area contributed by atoms with Gasteiger partial charge in [-0.05, 0) is 57.6 Å². The van der Waals surface area contributed by atoms with Crippen molar-refractivity contribution in [3.8, 4) is 22.9 Å². The van der Waals surface area contributed by atoms with Gasteiger partial charge in [-0.25, -0.2) is 4.52 Å². The van der Waals surface area contributed by atoms with E-state index in [1.54, 1.807) is 10.7 Å². The van der Waals surface area contributed by atoms with Gasteiger partial charge in [0.1, 0.15) is 22.9 Å². The molecule has 1 aliphatic carbocycles. The second-order valence-electron chi connectivity index (χ2n) is 9.44. The number of carbonyl (C=O) groups excluding carboxylic acids is 1. The molecule has 0 aromatic carbocycles. The van der Waals surface area contributed by atoms with Gasteiger partial charge in [-0.15, -0.1) is 0 Å². The van der Waals surface area contributed by atoms with E-state index >= 15 is 0 Å². The van der Waals surface area contributed by atoms with Crippen molar-refractivity contribution in [3.05, 3.63) is 48.6 Å². The summed E-state index contributed by atoms with van der Waals surface area (Å²) in [5, 5.41) is 18.7. The van der Waals surface area contributed by atoms with Crippen LogP contribution in [0.15, 0.2) is 37.3 Å². The Morgan fingerprint density at radius 2 is 2.12 bits per heavy atom. The highest BCUT2D eigenvalue weighted by Gasteiger charge is 2.28. The van der Waals surface area contributed by atoms with E-state index in [-0.39, 0.29) is 18.1 Å². The van der Waals surface area contributed by atoms with E-state index in [0.29, 0.717) is 29.3 Å². The van der Waals surface area contributed by atoms with E-state index in [9.17, 15) is 10.1 Å². The van der Waals surface area contributed by atoms with Crippen LogP contribution in [0.25, 0.3) is 16.6 Å². The third kappa shape index (κ3) is 3.85. The first-order chi connectivity index (χ1) is 16.5. The first-order valence-electron chi connectivity index (χ1n) is 12.0. The molecule has 1 saturated carbocycles. The summed E-state index contributed by atoms with van der Waals surface area (Å²) in [4.78, 5) is 14.0. The minimum atomic E-state index is -0.0328. The Bertz CT molecular complexity index is 1280. The normalized spacial score (nSPS) is 19.4. The smallest absolute Gasteiger partial charge is 0.246 e. The molecule has 2 unspecified atom stereocenters. The van der Waals surface area contributed by atoms with Crippen LogP contribution in [0.1, 0.15) is 56.3 Å². The summed E-state index contributed by atoms with van der Waals surface area (Å²) in [6, 6.07) is 4.37. The maximum absolute atomic E-state index is 12.1. The molecule has 0 N–H and O–H groups in total. The molecule has 1 saturated heterocycles. The molecule has 34 heavy (non-hydrogen) atoms. The molecular formula is C26H30N6O2. The number of piperidine rings is 1. The van der Waals surface area contributed by atoms with Crippen LogP contribution in [-0.4, -0.2) is 49.4 Å². The summed E-state index contributed by atoms with van der Waals surface area (Å²) >= 11 is 0. The van der Waals surface area contributed by atoms with Crippen LogP contribution in [0, 0.1) is 24.2 Å². The number of nitriles is 1. The van der Waals surface area contributed by atoms with Crippen molar-refractivity contribution in [2.24, 2.45) is 5.92 Å². The van der Waals surface area contributed by atoms with Gasteiger partial charge in [0.25, 0.3) is 0 Å². The zero-order valence-corrected chi connectivity index (χ0v) is 19.8. The van der Waals surface area contributed by atoms with Crippen molar-refractivity contribution in [1.82, 2.24) is 24.3 Å². The second-order valence-corrected chi connectivity index (χ2v) is 9.44. The van der Waals surface area contributed by atoms with Crippen LogP contribution in [0.2, 0.25) is 0 Å². The average Bonchev–Trinajstić information content (AvgIpc) is 3.40. The van der Waals surface area contributed by atoms with E-state index in [2.05, 4.69) is 31.6 Å². The Kier molecular flexibility index (Phi) is 5.86. The van der Waals surface area contributed by atoms with Crippen molar-refractivity contribution in [3.63, 3.8) is 0 Å². The molecule has 4 heterocycles. The highest BCUT2D eigenvalue weighted by Crippen LogP contribution is 2.36. The number of likely N-dealkylation sites (tertiary alicyclic amines) is 1. The van der Waals surface area contributed by atoms with Crippen LogP contribution in [0.4, 0.5) is 0 Å². The van der Waals surface area contributed by atoms with Crippen molar-refractivity contribution in [2.75, 3.05) is 13.1 Å². The van der Waals surface area contributed by atoms with Gasteiger partial charge in [0.15, 0.2) is 0 Å². The lowest BCUT2D eigenvalue weighted by molar-refractivity contribution is -0.127. The molecular weight excluding hydrogens is 428 g/mol. The molecule has 8 heteroatoms. The minimum absolute atomic E-state index is 0.0328. The van der Waals surface area contributed by atoms with Crippen molar-refractivity contribution >= 4 is 11.4 Å². The topological polar surface area (TPSA) is 88.5 Å². The maximum Gasteiger partial charge on any atom is 0.246 e. The van der Waals surface area contributed by atoms with E-state index < -0.39 is 0 Å². The quantitative estimate of drug-likeness (QED) is 0.514. The zero-order valence-electron chi connectivity index (χ0n) is 19.8. The molecule has 3 aromatic heterocycles. The SMILES string of the molecule is C=CC(=O)N1CCCC(n2ncc(-c3cc(OC(C)C4CCC4)c4c(C#N)cnn4c3)c2C)C1. The van der Waals surface area contributed by atoms with Gasteiger partial charge in [-0.1, -0.05) is 13.0 Å². The van der Waals surface area contributed by atoms with Crippen LogP contribution < -0.4 is 4.74 Å². The van der Waals surface area contributed by atoms with Gasteiger partial charge in [0.05, 0.1) is 24.5 Å². The predicted octanol–water partition coefficient (Wildman–Crippen LogP) is 4.29. The molecule has 176 valence electrons. The lowest BCUT2D eigenvalue weighted by Crippen LogP contribution is -2.40. The maximum atomic E-state index is 12.1. The van der Waals surface area contributed by atoms with E-state index in [1.165, 1.54) is 25.3 Å². The van der Waals surface area contributed by atoms with E-state index in [0.717, 1.165) is 36.2 Å². The van der Waals surface area contributed by atoms with E-state index in [1.807, 2.05) is 28.0 Å². The van der Waals surface area contributed by atoms with Crippen LogP contribution in [0.5, 0.6) is 5.75 Å². The van der Waals surface area contributed by atoms with E-state index in [4.69, 9.17) is 9.84 Å². The van der Waals surface area contributed by atoms with Crippen LogP contribution in [-0.2, 0) is 4.79 Å². The third-order valence-electron chi connectivity index (χ3n) is 7.41. The summed E-state index contributed by atoms with van der Waals surface area (Å²) in [5.41, 5.74) is 4.17. The fourth-order valence-corrected chi connectivity index (χ4v) is 5.17. The molecule has 0 radical (unpaired) electrons. The molecule has 0 spiro atoms. The summed E-state index contributed by atoms with van der Waals surface area (Å²) in [6.07, 6.45) is 12.4. The number of amides is 1. The van der Waals surface area contributed by atoms with Gasteiger partial charge in [-0.3, -0.25) is 9.48 Å². The molecule has 8 nitrogen and oxygen atoms in total. The number of pyridine rings is 1. The van der Waals surface area contributed by atoms with Gasteiger partial charge in [-0.2, -0.15) is 15.5 Å². The minimum Gasteiger partial charge on any atom is -0.488 e. The number of ether oxygens (including phenoxy) is 1. The third-order valence-corrected chi connectivity index (χ3v) is 7.41. The van der Waals surface area contributed by atoms with Crippen molar-refractivity contribution in [1.29, 1.82) is 5.26 Å². The van der Waals surface area contributed by atoms with Gasteiger partial charge in [0.2, 0.25) is 5.91 Å². The molecule has 2 aliphatic rings. The number of fused-ring (bicyclic) bond motifs is 1. The fourth-order valence-electron chi connectivity index (χ4n) is 5.17. The van der Waals surface area contributed by atoms with Gasteiger partial charge < -0.3 is 9.64 Å².